The monoisotopic (exact) mass is 1010 g/mol. The number of benzene rings is 3. The maximum atomic E-state index is 13.5. The van der Waals surface area contributed by atoms with E-state index >= 15 is 0 Å². The number of rotatable bonds is 12. The van der Waals surface area contributed by atoms with Gasteiger partial charge < -0.3 is 0 Å². The molecule has 0 radical (unpaired) electrons. The topological polar surface area (TPSA) is 0 Å². The maximum absolute atomic E-state index is 13.5. The van der Waals surface area contributed by atoms with E-state index in [0.29, 0.717) is 16.7 Å². The molecule has 0 amide bonds. The van der Waals surface area contributed by atoms with Crippen LogP contribution >= 0.6 is 0 Å². The van der Waals surface area contributed by atoms with Crippen LogP contribution < -0.4 is 0 Å². The molecule has 0 nitrogen and oxygen atoms in total. The van der Waals surface area contributed by atoms with Crippen LogP contribution in [0, 0.1) is 106 Å². The molecule has 72 heavy (non-hydrogen) atoms. The van der Waals surface area contributed by atoms with Gasteiger partial charge in [-0.2, -0.15) is 0 Å². The lowest BCUT2D eigenvalue weighted by Gasteiger charge is -2.38. The molecule has 0 atom stereocenters. The fraction of sp³-hybridized carbons (Fsp3) is 0.714. The third kappa shape index (κ3) is 15.6. The maximum Gasteiger partial charge on any atom is 0.194 e. The van der Waals surface area contributed by atoms with Crippen LogP contribution in [-0.2, 0) is 0 Å². The summed E-state index contributed by atoms with van der Waals surface area (Å²) >= 11 is 0. The zero-order valence-electron chi connectivity index (χ0n) is 44.0. The normalized spacial score (nSPS) is 31.2. The number of hydrogen-bond acceptors (Lipinski definition) is 0. The largest absolute Gasteiger partial charge is 0.204 e. The predicted octanol–water partition coefficient (Wildman–Crippen LogP) is 21.0. The highest BCUT2D eigenvalue weighted by molar-refractivity contribution is 5.26. The van der Waals surface area contributed by atoms with Crippen LogP contribution in [0.3, 0.4) is 0 Å². The van der Waals surface area contributed by atoms with Gasteiger partial charge in [0.1, 0.15) is 0 Å². The van der Waals surface area contributed by atoms with Crippen LogP contribution in [0.4, 0.5) is 39.5 Å². The number of unbranched alkanes of at least 4 members (excludes halogenated alkanes) is 2. The van der Waals surface area contributed by atoms with Crippen LogP contribution in [-0.4, -0.2) is 0 Å². The molecule has 0 unspecified atom stereocenters. The Morgan fingerprint density at radius 2 is 0.556 bits per heavy atom. The molecular formula is C63H87F9. The van der Waals surface area contributed by atoms with Crippen molar-refractivity contribution < 1.29 is 39.5 Å². The van der Waals surface area contributed by atoms with Crippen LogP contribution in [0.2, 0.25) is 0 Å². The van der Waals surface area contributed by atoms with Gasteiger partial charge in [0, 0.05) is 0 Å². The average molecular weight is 1020 g/mol. The minimum atomic E-state index is -1.35. The van der Waals surface area contributed by atoms with E-state index in [1.54, 1.807) is 0 Å². The Morgan fingerprint density at radius 1 is 0.306 bits per heavy atom. The number of hydrogen-bond donors (Lipinski definition) is 0. The third-order valence-corrected chi connectivity index (χ3v) is 19.5. The molecule has 9 rings (SSSR count). The molecule has 0 saturated heterocycles. The van der Waals surface area contributed by atoms with Crippen molar-refractivity contribution in [2.75, 3.05) is 0 Å². The fourth-order valence-corrected chi connectivity index (χ4v) is 14.9. The lowest BCUT2D eigenvalue weighted by atomic mass is 9.68. The van der Waals surface area contributed by atoms with E-state index in [2.05, 4.69) is 20.8 Å². The number of halogens is 9. The first-order valence-electron chi connectivity index (χ1n) is 29.1. The van der Waals surface area contributed by atoms with E-state index < -0.39 is 52.4 Å². The van der Waals surface area contributed by atoms with E-state index in [9.17, 15) is 39.5 Å². The van der Waals surface area contributed by atoms with Gasteiger partial charge in [0.2, 0.25) is 0 Å². The van der Waals surface area contributed by atoms with E-state index in [0.717, 1.165) is 130 Å². The molecule has 0 bridgehead atoms. The Morgan fingerprint density at radius 3 is 0.819 bits per heavy atom. The van der Waals surface area contributed by atoms with Gasteiger partial charge in [-0.15, -0.1) is 0 Å². The smallest absolute Gasteiger partial charge is 0.194 e. The summed E-state index contributed by atoms with van der Waals surface area (Å²) in [5, 5.41) is 0. The Labute approximate surface area is 427 Å². The summed E-state index contributed by atoms with van der Waals surface area (Å²) < 4.78 is 120. The standard InChI is InChI=1S/C23H33F3.C21H29F3.C19H25F3/c1-2-3-4-5-16-6-8-17(9-7-16)18-10-12-19(13-11-18)20-14-21(24)23(26)22(25)15-20;1-2-3-14-4-6-15(7-5-14)16-8-10-17(11-9-16)18-12-19(22)21(24)20(23)13-18;1-12-2-4-13(5-3-12)14-6-8-15(9-7-14)16-10-17(20)19(22)18(21)11-16/h14-19H,2-13H2,1H3;12-17H,2-11H2,1H3;10-15H,2-9H2,1H3. The first-order chi connectivity index (χ1) is 34.7. The second kappa shape index (κ2) is 27.7. The SMILES string of the molecule is CC1CCC(C2CCC(c3cc(F)c(F)c(F)c3)CC2)CC1.CCCC1CCC(C2CCC(c3cc(F)c(F)c(F)c3)CC2)CC1.CCCCCC1CCC(C2CCC(c3cc(F)c(F)c(F)c3)CC2)CC1. The van der Waals surface area contributed by atoms with Crippen LogP contribution in [0.1, 0.15) is 248 Å². The molecule has 3 aromatic rings. The molecule has 6 aliphatic rings. The summed E-state index contributed by atoms with van der Waals surface area (Å²) in [6.45, 7) is 6.88. The van der Waals surface area contributed by atoms with Crippen LogP contribution in [0.25, 0.3) is 0 Å². The van der Waals surface area contributed by atoms with Gasteiger partial charge in [0.05, 0.1) is 0 Å². The molecule has 402 valence electrons. The summed E-state index contributed by atoms with van der Waals surface area (Å²) in [4.78, 5) is 0. The Balaban J connectivity index is 0.000000159. The van der Waals surface area contributed by atoms with E-state index in [-0.39, 0.29) is 17.8 Å². The molecule has 0 aliphatic heterocycles. The third-order valence-electron chi connectivity index (χ3n) is 19.5. The molecule has 9 heteroatoms. The summed E-state index contributed by atoms with van der Waals surface area (Å²) in [6.07, 6.45) is 37.3. The lowest BCUT2D eigenvalue weighted by molar-refractivity contribution is 0.155. The van der Waals surface area contributed by atoms with Gasteiger partial charge in [0.15, 0.2) is 52.4 Å². The molecule has 6 aliphatic carbocycles. The van der Waals surface area contributed by atoms with Crippen LogP contribution in [0.5, 0.6) is 0 Å². The highest BCUT2D eigenvalue weighted by atomic mass is 19.2. The Kier molecular flexibility index (Phi) is 21.8. The summed E-state index contributed by atoms with van der Waals surface area (Å²) in [7, 11) is 0. The zero-order valence-corrected chi connectivity index (χ0v) is 44.0. The highest BCUT2D eigenvalue weighted by Gasteiger charge is 2.35. The van der Waals surface area contributed by atoms with Crippen molar-refractivity contribution in [1.29, 1.82) is 0 Å². The van der Waals surface area contributed by atoms with Gasteiger partial charge in [-0.1, -0.05) is 97.8 Å². The Bertz CT molecular complexity index is 2020. The van der Waals surface area contributed by atoms with Crippen molar-refractivity contribution in [3.8, 4) is 0 Å². The predicted molar refractivity (Wildman–Crippen MR) is 274 cm³/mol. The molecule has 0 heterocycles. The van der Waals surface area contributed by atoms with Gasteiger partial charge in [0.25, 0.3) is 0 Å². The van der Waals surface area contributed by atoms with Gasteiger partial charge >= 0.3 is 0 Å². The second-order valence-corrected chi connectivity index (χ2v) is 24.1. The first kappa shape index (κ1) is 56.8. The minimum Gasteiger partial charge on any atom is -0.204 e. The quantitative estimate of drug-likeness (QED) is 0.0964. The molecule has 0 aromatic heterocycles. The van der Waals surface area contributed by atoms with E-state index in [1.165, 1.54) is 152 Å². The molecule has 6 fully saturated rings. The van der Waals surface area contributed by atoms with E-state index in [4.69, 9.17) is 0 Å². The summed E-state index contributed by atoms with van der Waals surface area (Å²) in [5.41, 5.74) is 1.91. The second-order valence-electron chi connectivity index (χ2n) is 24.1. The molecule has 0 spiro atoms. The van der Waals surface area contributed by atoms with E-state index in [1.807, 2.05) is 0 Å². The van der Waals surface area contributed by atoms with Crippen LogP contribution in [0.15, 0.2) is 36.4 Å². The summed E-state index contributed by atoms with van der Waals surface area (Å²) in [6, 6.07) is 7.16. The lowest BCUT2D eigenvalue weighted by Crippen LogP contribution is -2.25. The van der Waals surface area contributed by atoms with Crippen molar-refractivity contribution in [2.24, 2.45) is 53.3 Å². The minimum absolute atomic E-state index is 0.182. The van der Waals surface area contributed by atoms with Gasteiger partial charge in [-0.3, -0.25) is 0 Å². The zero-order chi connectivity index (χ0) is 51.3. The first-order valence-corrected chi connectivity index (χ1v) is 29.1. The van der Waals surface area contributed by atoms with Crippen molar-refractivity contribution in [1.82, 2.24) is 0 Å². The van der Waals surface area contributed by atoms with Crippen molar-refractivity contribution in [3.63, 3.8) is 0 Å². The highest BCUT2D eigenvalue weighted by Crippen LogP contribution is 2.48. The summed E-state index contributed by atoms with van der Waals surface area (Å²) in [5.74, 6) is -2.21. The van der Waals surface area contributed by atoms with Crippen molar-refractivity contribution in [2.45, 2.75) is 231 Å². The Hall–Kier alpha value is -2.97. The molecular weight excluding hydrogens is 928 g/mol. The van der Waals surface area contributed by atoms with Crippen molar-refractivity contribution in [3.05, 3.63) is 105 Å². The van der Waals surface area contributed by atoms with Gasteiger partial charge in [-0.05, 0) is 240 Å². The molecule has 6 saturated carbocycles. The van der Waals surface area contributed by atoms with Gasteiger partial charge in [-0.25, -0.2) is 39.5 Å². The van der Waals surface area contributed by atoms with Crippen molar-refractivity contribution >= 4 is 0 Å². The molecule has 0 N–H and O–H groups in total. The molecule has 3 aromatic carbocycles. The average Bonchev–Trinajstić information content (AvgIpc) is 3.40. The fourth-order valence-electron chi connectivity index (χ4n) is 14.9.